The van der Waals surface area contributed by atoms with Gasteiger partial charge in [-0.2, -0.15) is 0 Å². The van der Waals surface area contributed by atoms with E-state index in [0.29, 0.717) is 0 Å². The van der Waals surface area contributed by atoms with Crippen LogP contribution in [0.1, 0.15) is 0 Å². The molecule has 0 unspecified atom stereocenters. The van der Waals surface area contributed by atoms with E-state index in [0.717, 1.165) is 22.2 Å². The van der Waals surface area contributed by atoms with Crippen molar-refractivity contribution in [1.29, 1.82) is 0 Å². The Bertz CT molecular complexity index is 1170. The van der Waals surface area contributed by atoms with E-state index < -0.39 is 0 Å². The summed E-state index contributed by atoms with van der Waals surface area (Å²) in [6.45, 7) is 0. The minimum absolute atomic E-state index is 0. The summed E-state index contributed by atoms with van der Waals surface area (Å²) in [5.41, 5.74) is 3.04. The molecule has 6 aromatic rings. The predicted molar refractivity (Wildman–Crippen MR) is 124 cm³/mol. The molecule has 0 saturated carbocycles. The predicted octanol–water partition coefficient (Wildman–Crippen LogP) is 6.89. The summed E-state index contributed by atoms with van der Waals surface area (Å²) in [6, 6.07) is 38.9. The van der Waals surface area contributed by atoms with Gasteiger partial charge in [0.15, 0.2) is 0 Å². The zero-order chi connectivity index (χ0) is 20.2. The van der Waals surface area contributed by atoms with Crippen LogP contribution in [0.5, 0.6) is 0 Å². The van der Waals surface area contributed by atoms with E-state index in [2.05, 4.69) is 58.5 Å². The molecule has 0 fully saturated rings. The maximum absolute atomic E-state index is 4.53. The number of rotatable bonds is 1. The molecule has 4 aromatic carbocycles. The number of hydrogen-bond acceptors (Lipinski definition) is 2. The monoisotopic (exact) mass is 575 g/mol. The van der Waals surface area contributed by atoms with E-state index in [1.807, 2.05) is 66.9 Å². The van der Waals surface area contributed by atoms with Gasteiger partial charge < -0.3 is 9.97 Å². The number of pyridine rings is 2. The maximum Gasteiger partial charge on any atom is 0.0161 e. The molecule has 2 aromatic heterocycles. The second-order valence-corrected chi connectivity index (χ2v) is 6.90. The molecule has 0 bridgehead atoms. The summed E-state index contributed by atoms with van der Waals surface area (Å²) in [7, 11) is 0. The number of nitrogens with zero attached hydrogens (tertiary/aromatic N) is 2. The molecule has 0 atom stereocenters. The van der Waals surface area contributed by atoms with E-state index in [4.69, 9.17) is 0 Å². The van der Waals surface area contributed by atoms with Crippen LogP contribution in [-0.2, 0) is 20.1 Å². The van der Waals surface area contributed by atoms with E-state index in [1.165, 1.54) is 21.5 Å². The van der Waals surface area contributed by atoms with Crippen LogP contribution >= 0.6 is 0 Å². The summed E-state index contributed by atoms with van der Waals surface area (Å²) in [6.07, 6.45) is 3.63. The van der Waals surface area contributed by atoms with Gasteiger partial charge in [0.05, 0.1) is 0 Å². The van der Waals surface area contributed by atoms with Crippen LogP contribution in [0.15, 0.2) is 109 Å². The van der Waals surface area contributed by atoms with Gasteiger partial charge in [-0.25, -0.2) is 0 Å². The van der Waals surface area contributed by atoms with Gasteiger partial charge in [-0.3, -0.25) is 0 Å². The van der Waals surface area contributed by atoms with Crippen molar-refractivity contribution < 1.29 is 20.1 Å². The Hall–Kier alpha value is -3.39. The van der Waals surface area contributed by atoms with Crippen LogP contribution in [0.2, 0.25) is 0 Å². The number of benzene rings is 4. The van der Waals surface area contributed by atoms with Crippen molar-refractivity contribution >= 4 is 32.4 Å². The minimum Gasteiger partial charge on any atom is -0.305 e. The molecular weight excluding hydrogens is 557 g/mol. The van der Waals surface area contributed by atoms with Gasteiger partial charge in [0.25, 0.3) is 0 Å². The van der Waals surface area contributed by atoms with Gasteiger partial charge in [0.2, 0.25) is 0 Å². The zero-order valence-electron chi connectivity index (χ0n) is 16.6. The zero-order valence-corrected chi connectivity index (χ0v) is 19.0. The molecule has 31 heavy (non-hydrogen) atoms. The van der Waals surface area contributed by atoms with Crippen molar-refractivity contribution in [2.75, 3.05) is 0 Å². The average molecular weight is 575 g/mol. The molecule has 0 aliphatic heterocycles. The van der Waals surface area contributed by atoms with Crippen LogP contribution in [0, 0.1) is 12.1 Å². The molecule has 2 heterocycles. The largest absolute Gasteiger partial charge is 0.305 e. The first kappa shape index (κ1) is 20.9. The third kappa shape index (κ3) is 4.25. The van der Waals surface area contributed by atoms with Crippen molar-refractivity contribution in [2.24, 2.45) is 0 Å². The summed E-state index contributed by atoms with van der Waals surface area (Å²) in [4.78, 5) is 8.75. The molecule has 6 rings (SSSR count). The first-order valence-electron chi connectivity index (χ1n) is 9.86. The quantitative estimate of drug-likeness (QED) is 0.158. The average Bonchev–Trinajstić information content (AvgIpc) is 2.86. The molecule has 0 amide bonds. The third-order valence-electron chi connectivity index (χ3n) is 5.06. The normalized spacial score (nSPS) is 10.3. The SMILES string of the molecule is [Ir].[c-]1cccc2c1c1ncccc1c1ccccc21.[c-]1ccccc1-c1ccccn1. The fraction of sp³-hybridized carbons (Fsp3) is 0. The Kier molecular flexibility index (Phi) is 6.47. The standard InChI is InChI=1S/C17H10N.C11H8N.Ir/c1-2-7-14-12(6-1)13-8-3-4-9-15(13)17-16(14)10-5-11-18-17;1-2-6-10(7-3-1)11-8-4-5-9-12-11;/h1-8,10-11H;1-6,8-9H;/q2*-1;. The van der Waals surface area contributed by atoms with Gasteiger partial charge in [-0.05, 0) is 34.1 Å². The number of hydrogen-bond donors (Lipinski definition) is 0. The maximum atomic E-state index is 4.53. The summed E-state index contributed by atoms with van der Waals surface area (Å²) >= 11 is 0. The fourth-order valence-electron chi connectivity index (χ4n) is 3.71. The molecular formula is C28H18IrN2-2. The fourth-order valence-corrected chi connectivity index (χ4v) is 3.71. The van der Waals surface area contributed by atoms with Crippen molar-refractivity contribution in [3.63, 3.8) is 0 Å². The third-order valence-corrected chi connectivity index (χ3v) is 5.06. The smallest absolute Gasteiger partial charge is 0.0161 e. The first-order chi connectivity index (χ1) is 14.9. The van der Waals surface area contributed by atoms with Gasteiger partial charge in [0.1, 0.15) is 0 Å². The Morgan fingerprint density at radius 2 is 1.19 bits per heavy atom. The number of aromatic nitrogens is 2. The Labute approximate surface area is 195 Å². The summed E-state index contributed by atoms with van der Waals surface area (Å²) < 4.78 is 0. The van der Waals surface area contributed by atoms with Gasteiger partial charge >= 0.3 is 0 Å². The topological polar surface area (TPSA) is 25.8 Å². The summed E-state index contributed by atoms with van der Waals surface area (Å²) in [5, 5.41) is 6.05. The Morgan fingerprint density at radius 1 is 0.516 bits per heavy atom. The van der Waals surface area contributed by atoms with E-state index >= 15 is 0 Å². The molecule has 3 heteroatoms. The van der Waals surface area contributed by atoms with E-state index in [9.17, 15) is 0 Å². The summed E-state index contributed by atoms with van der Waals surface area (Å²) in [5.74, 6) is 0. The van der Waals surface area contributed by atoms with Crippen LogP contribution in [0.3, 0.4) is 0 Å². The molecule has 1 radical (unpaired) electrons. The Morgan fingerprint density at radius 3 is 1.97 bits per heavy atom. The van der Waals surface area contributed by atoms with Crippen LogP contribution < -0.4 is 0 Å². The van der Waals surface area contributed by atoms with Gasteiger partial charge in [0, 0.05) is 32.5 Å². The van der Waals surface area contributed by atoms with Crippen LogP contribution in [-0.4, -0.2) is 9.97 Å². The van der Waals surface area contributed by atoms with E-state index in [1.54, 1.807) is 6.20 Å². The second-order valence-electron chi connectivity index (χ2n) is 6.90. The molecule has 2 nitrogen and oxygen atoms in total. The van der Waals surface area contributed by atoms with Crippen molar-refractivity contribution in [1.82, 2.24) is 9.97 Å². The van der Waals surface area contributed by atoms with Crippen LogP contribution in [0.25, 0.3) is 43.7 Å². The second kappa shape index (κ2) is 9.61. The van der Waals surface area contributed by atoms with Crippen LogP contribution in [0.4, 0.5) is 0 Å². The number of fused-ring (bicyclic) bond motifs is 6. The van der Waals surface area contributed by atoms with Gasteiger partial charge in [-0.15, -0.1) is 65.5 Å². The Balaban J connectivity index is 0.000000156. The molecule has 0 spiro atoms. The van der Waals surface area contributed by atoms with Crippen molar-refractivity contribution in [3.05, 3.63) is 122 Å². The molecule has 0 saturated heterocycles. The van der Waals surface area contributed by atoms with Crippen molar-refractivity contribution in [3.8, 4) is 11.3 Å². The minimum atomic E-state index is 0. The molecule has 0 aliphatic carbocycles. The molecule has 151 valence electrons. The van der Waals surface area contributed by atoms with Crippen molar-refractivity contribution in [2.45, 2.75) is 0 Å². The van der Waals surface area contributed by atoms with Gasteiger partial charge in [-0.1, -0.05) is 53.2 Å². The van der Waals surface area contributed by atoms with E-state index in [-0.39, 0.29) is 20.1 Å². The molecule has 0 N–H and O–H groups in total. The molecule has 0 aliphatic rings. The first-order valence-corrected chi connectivity index (χ1v) is 9.86.